The average Bonchev–Trinajstić information content (AvgIpc) is 1.65. The molecule has 2 N–H and O–H groups in total. The van der Waals surface area contributed by atoms with Crippen molar-refractivity contribution < 1.29 is 0 Å². The molecule has 0 aromatic heterocycles. The Kier molecular flexibility index (Phi) is 2.68. The first-order chi connectivity index (χ1) is 3.89. The van der Waals surface area contributed by atoms with E-state index in [1.807, 2.05) is 0 Å². The first-order valence-electron chi connectivity index (χ1n) is 3.53. The quantitative estimate of drug-likeness (QED) is 0.603. The minimum Gasteiger partial charge on any atom is -0.325 e. The molecule has 1 radical (unpaired) electrons. The summed E-state index contributed by atoms with van der Waals surface area (Å²) in [6.45, 7) is 12.4. The molecule has 0 amide bonds. The van der Waals surface area contributed by atoms with Crippen LogP contribution in [0.3, 0.4) is 0 Å². The van der Waals surface area contributed by atoms with Crippen molar-refractivity contribution in [2.45, 2.75) is 33.2 Å². The van der Waals surface area contributed by atoms with Gasteiger partial charge in [-0.3, -0.25) is 0 Å². The fourth-order valence-electron chi connectivity index (χ4n) is 0.667. The molecule has 0 saturated carbocycles. The van der Waals surface area contributed by atoms with Gasteiger partial charge >= 0.3 is 0 Å². The number of nitrogens with two attached hydrogens (primary N) is 1. The molecule has 0 aliphatic heterocycles. The third-order valence-corrected chi connectivity index (χ3v) is 2.15. The van der Waals surface area contributed by atoms with Crippen LogP contribution in [0.15, 0.2) is 0 Å². The molecule has 0 aliphatic carbocycles. The Morgan fingerprint density at radius 1 is 1.11 bits per heavy atom. The molecular weight excluding hydrogens is 110 g/mol. The molecule has 0 aliphatic rings. The molecule has 0 aromatic rings. The fourth-order valence-corrected chi connectivity index (χ4v) is 0.667. The zero-order valence-corrected chi connectivity index (χ0v) is 6.94. The Bertz CT molecular complexity index is 72.6. The van der Waals surface area contributed by atoms with Crippen molar-refractivity contribution in [3.05, 3.63) is 6.92 Å². The summed E-state index contributed by atoms with van der Waals surface area (Å²) >= 11 is 0. The van der Waals surface area contributed by atoms with E-state index in [0.717, 1.165) is 0 Å². The second-order valence-electron chi connectivity index (χ2n) is 3.42. The van der Waals surface area contributed by atoms with Crippen molar-refractivity contribution in [3.63, 3.8) is 0 Å². The Hall–Kier alpha value is -0.0400. The van der Waals surface area contributed by atoms with Crippen LogP contribution in [-0.2, 0) is 0 Å². The molecule has 0 heterocycles. The van der Waals surface area contributed by atoms with E-state index in [4.69, 9.17) is 5.73 Å². The zero-order chi connectivity index (χ0) is 7.65. The summed E-state index contributed by atoms with van der Waals surface area (Å²) in [5.74, 6) is 0.912. The van der Waals surface area contributed by atoms with Crippen LogP contribution in [0.4, 0.5) is 0 Å². The van der Waals surface area contributed by atoms with Crippen molar-refractivity contribution in [1.82, 2.24) is 0 Å². The molecule has 0 fully saturated rings. The van der Waals surface area contributed by atoms with E-state index in [9.17, 15) is 0 Å². The van der Waals surface area contributed by atoms with Crippen molar-refractivity contribution in [2.24, 2.45) is 17.6 Å². The van der Waals surface area contributed by atoms with Gasteiger partial charge in [-0.15, -0.1) is 0 Å². The largest absolute Gasteiger partial charge is 0.325 e. The predicted molar refractivity (Wildman–Crippen MR) is 42.0 cm³/mol. The number of hydrogen-bond donors (Lipinski definition) is 1. The topological polar surface area (TPSA) is 26.0 Å². The van der Waals surface area contributed by atoms with Gasteiger partial charge in [-0.2, -0.15) is 0 Å². The van der Waals surface area contributed by atoms with E-state index in [-0.39, 0.29) is 5.54 Å². The second-order valence-corrected chi connectivity index (χ2v) is 3.42. The van der Waals surface area contributed by atoms with Crippen molar-refractivity contribution in [3.8, 4) is 0 Å². The monoisotopic (exact) mass is 128 g/mol. The molecule has 1 nitrogen and oxygen atoms in total. The highest BCUT2D eigenvalue weighted by molar-refractivity contribution is 4.92. The standard InChI is InChI=1S/C8H18N/c1-6(2)8(5,9)7(3)4/h6-7H,5,9H2,1-4H3. The minimum absolute atomic E-state index is 0.250. The summed E-state index contributed by atoms with van der Waals surface area (Å²) in [6.07, 6.45) is 0. The maximum absolute atomic E-state index is 5.89. The van der Waals surface area contributed by atoms with Gasteiger partial charge < -0.3 is 5.73 Å². The Balaban J connectivity index is 4.01. The highest BCUT2D eigenvalue weighted by Crippen LogP contribution is 2.21. The van der Waals surface area contributed by atoms with Crippen LogP contribution in [0.1, 0.15) is 27.7 Å². The molecule has 1 heteroatoms. The van der Waals surface area contributed by atoms with Gasteiger partial charge in [0.1, 0.15) is 0 Å². The van der Waals surface area contributed by atoms with E-state index in [0.29, 0.717) is 11.8 Å². The van der Waals surface area contributed by atoms with Crippen LogP contribution in [0.2, 0.25) is 0 Å². The maximum Gasteiger partial charge on any atom is 0.0201 e. The SMILES string of the molecule is [CH2]C(N)(C(C)C)C(C)C. The lowest BCUT2D eigenvalue weighted by Crippen LogP contribution is -2.46. The first-order valence-corrected chi connectivity index (χ1v) is 3.53. The normalized spacial score (nSPS) is 13.3. The number of hydrogen-bond acceptors (Lipinski definition) is 1. The molecule has 55 valence electrons. The molecule has 0 bridgehead atoms. The van der Waals surface area contributed by atoms with Crippen molar-refractivity contribution >= 4 is 0 Å². The van der Waals surface area contributed by atoms with Gasteiger partial charge in [0.2, 0.25) is 0 Å². The molecule has 9 heavy (non-hydrogen) atoms. The molecule has 0 saturated heterocycles. The highest BCUT2D eigenvalue weighted by atomic mass is 14.7. The van der Waals surface area contributed by atoms with Gasteiger partial charge in [0.25, 0.3) is 0 Å². The Morgan fingerprint density at radius 2 is 1.33 bits per heavy atom. The average molecular weight is 128 g/mol. The highest BCUT2D eigenvalue weighted by Gasteiger charge is 2.26. The summed E-state index contributed by atoms with van der Waals surface area (Å²) in [5.41, 5.74) is 5.64. The first kappa shape index (κ1) is 8.96. The third-order valence-electron chi connectivity index (χ3n) is 2.15. The summed E-state index contributed by atoms with van der Waals surface area (Å²) in [7, 11) is 0. The van der Waals surface area contributed by atoms with Crippen molar-refractivity contribution in [1.29, 1.82) is 0 Å². The Labute approximate surface area is 58.6 Å². The van der Waals surface area contributed by atoms with Gasteiger partial charge in [-0.05, 0) is 18.8 Å². The summed E-state index contributed by atoms with van der Waals surface area (Å²) in [4.78, 5) is 0. The molecule has 0 aromatic carbocycles. The van der Waals surface area contributed by atoms with Crippen molar-refractivity contribution in [2.75, 3.05) is 0 Å². The summed E-state index contributed by atoms with van der Waals surface area (Å²) in [6, 6.07) is 0. The van der Waals surface area contributed by atoms with E-state index in [1.54, 1.807) is 0 Å². The van der Waals surface area contributed by atoms with Crippen LogP contribution in [0.25, 0.3) is 0 Å². The minimum atomic E-state index is -0.250. The zero-order valence-electron chi connectivity index (χ0n) is 6.94. The Morgan fingerprint density at radius 3 is 1.33 bits per heavy atom. The van der Waals surface area contributed by atoms with Gasteiger partial charge in [0, 0.05) is 5.54 Å². The predicted octanol–water partition coefficient (Wildman–Crippen LogP) is 1.83. The van der Waals surface area contributed by atoms with Crippen LogP contribution < -0.4 is 5.73 Å². The summed E-state index contributed by atoms with van der Waals surface area (Å²) in [5, 5.41) is 0. The summed E-state index contributed by atoms with van der Waals surface area (Å²) < 4.78 is 0. The third kappa shape index (κ3) is 1.98. The van der Waals surface area contributed by atoms with Gasteiger partial charge in [0.05, 0.1) is 0 Å². The van der Waals surface area contributed by atoms with Crippen LogP contribution in [0.5, 0.6) is 0 Å². The molecule has 0 atom stereocenters. The lowest BCUT2D eigenvalue weighted by molar-refractivity contribution is 0.285. The molecule has 0 rings (SSSR count). The van der Waals surface area contributed by atoms with Crippen LogP contribution in [0, 0.1) is 18.8 Å². The van der Waals surface area contributed by atoms with Gasteiger partial charge in [-0.1, -0.05) is 27.7 Å². The van der Waals surface area contributed by atoms with E-state index >= 15 is 0 Å². The van der Waals surface area contributed by atoms with Gasteiger partial charge in [0.15, 0.2) is 0 Å². The maximum atomic E-state index is 5.89. The lowest BCUT2D eigenvalue weighted by Gasteiger charge is -2.33. The number of rotatable bonds is 2. The van der Waals surface area contributed by atoms with Crippen LogP contribution in [-0.4, -0.2) is 5.54 Å². The molecule has 0 unspecified atom stereocenters. The lowest BCUT2D eigenvalue weighted by atomic mass is 9.80. The second kappa shape index (κ2) is 2.70. The van der Waals surface area contributed by atoms with E-state index < -0.39 is 0 Å². The smallest absolute Gasteiger partial charge is 0.0201 e. The van der Waals surface area contributed by atoms with E-state index in [1.165, 1.54) is 0 Å². The van der Waals surface area contributed by atoms with E-state index in [2.05, 4.69) is 34.6 Å². The van der Waals surface area contributed by atoms with Crippen LogP contribution >= 0.6 is 0 Å². The molecule has 0 spiro atoms. The molecular formula is C8H18N. The van der Waals surface area contributed by atoms with Gasteiger partial charge in [-0.25, -0.2) is 0 Å². The fraction of sp³-hybridized carbons (Fsp3) is 0.875.